The number of carbonyl (C=O) groups excluding carboxylic acids is 5. The first kappa shape index (κ1) is 37.9. The van der Waals surface area contributed by atoms with Crippen LogP contribution in [0.5, 0.6) is 0 Å². The van der Waals surface area contributed by atoms with Crippen molar-refractivity contribution in [2.45, 2.75) is 134 Å². The molecule has 50 heavy (non-hydrogen) atoms. The van der Waals surface area contributed by atoms with E-state index in [2.05, 4.69) is 21.3 Å². The van der Waals surface area contributed by atoms with Crippen LogP contribution in [0.3, 0.4) is 0 Å². The number of halogens is 1. The van der Waals surface area contributed by atoms with Crippen molar-refractivity contribution < 1.29 is 33.8 Å². The van der Waals surface area contributed by atoms with E-state index in [1.54, 1.807) is 24.3 Å². The molecule has 2 saturated heterocycles. The minimum absolute atomic E-state index is 0.0115. The number of likely N-dealkylation sites (tertiary alicyclic amines) is 1. The van der Waals surface area contributed by atoms with Crippen LogP contribution >= 0.6 is 11.6 Å². The highest BCUT2D eigenvalue weighted by atomic mass is 35.5. The average molecular weight is 716 g/mol. The van der Waals surface area contributed by atoms with Crippen molar-refractivity contribution in [3.63, 3.8) is 0 Å². The molecule has 4 fully saturated rings. The van der Waals surface area contributed by atoms with E-state index in [0.717, 1.165) is 44.9 Å². The predicted octanol–water partition coefficient (Wildman–Crippen LogP) is 3.96. The Morgan fingerprint density at radius 1 is 1.02 bits per heavy atom. The first-order chi connectivity index (χ1) is 23.7. The molecule has 0 radical (unpaired) electrons. The third-order valence-corrected chi connectivity index (χ3v) is 10.9. The van der Waals surface area contributed by atoms with Crippen LogP contribution in [0.4, 0.5) is 4.79 Å². The fourth-order valence-electron chi connectivity index (χ4n) is 7.61. The largest absolute Gasteiger partial charge is 0.445 e. The van der Waals surface area contributed by atoms with Crippen LogP contribution in [0.1, 0.15) is 103 Å². The van der Waals surface area contributed by atoms with Crippen molar-refractivity contribution in [1.82, 2.24) is 26.2 Å². The molecule has 2 aliphatic carbocycles. The lowest BCUT2D eigenvalue weighted by atomic mass is 9.81. The fourth-order valence-corrected chi connectivity index (χ4v) is 7.82. The van der Waals surface area contributed by atoms with Gasteiger partial charge in [0.05, 0.1) is 6.04 Å². The second-order valence-electron chi connectivity index (χ2n) is 15.9. The van der Waals surface area contributed by atoms with Gasteiger partial charge in [0.2, 0.25) is 17.7 Å². The Morgan fingerprint density at radius 2 is 1.72 bits per heavy atom. The Morgan fingerprint density at radius 3 is 2.36 bits per heavy atom. The van der Waals surface area contributed by atoms with Crippen LogP contribution < -0.4 is 21.3 Å². The number of amides is 5. The van der Waals surface area contributed by atoms with Gasteiger partial charge in [0.25, 0.3) is 5.91 Å². The molecule has 2 saturated carbocycles. The van der Waals surface area contributed by atoms with E-state index in [-0.39, 0.29) is 36.8 Å². The minimum Gasteiger partial charge on any atom is -0.445 e. The molecule has 1 aromatic rings. The number of piperidine rings is 1. The second kappa shape index (κ2) is 16.3. The monoisotopic (exact) mass is 715 g/mol. The summed E-state index contributed by atoms with van der Waals surface area (Å²) in [6.45, 7) is 6.70. The highest BCUT2D eigenvalue weighted by Crippen LogP contribution is 2.38. The van der Waals surface area contributed by atoms with Crippen molar-refractivity contribution in [3.05, 3.63) is 34.9 Å². The van der Waals surface area contributed by atoms with E-state index in [0.29, 0.717) is 49.4 Å². The summed E-state index contributed by atoms with van der Waals surface area (Å²) < 4.78 is 5.44. The molecular weight excluding hydrogens is 662 g/mol. The molecule has 5 amide bonds. The van der Waals surface area contributed by atoms with Gasteiger partial charge < -0.3 is 36.0 Å². The number of rotatable bonds is 12. The zero-order valence-corrected chi connectivity index (χ0v) is 30.4. The van der Waals surface area contributed by atoms with Gasteiger partial charge in [-0.05, 0) is 68.6 Å². The number of ether oxygens (including phenoxy) is 1. The van der Waals surface area contributed by atoms with E-state index in [4.69, 9.17) is 16.3 Å². The number of nitrogens with zero attached hydrogens (tertiary/aromatic N) is 1. The molecule has 2 heterocycles. The number of benzene rings is 1. The lowest BCUT2D eigenvalue weighted by molar-refractivity contribution is -0.141. The first-order valence-corrected chi connectivity index (χ1v) is 18.7. The summed E-state index contributed by atoms with van der Waals surface area (Å²) in [6.07, 6.45) is 6.45. The molecule has 5 N–H and O–H groups in total. The standard InChI is InChI=1S/C37H54ClN5O7/c1-36(2,3)34(48)43-16-14-37(15-17-43)21-25(31(45)42-37)20-28(30(44)33(47)39-27-12-13-27)40-32(46)29(19-23-8-5-4-6-9-23)41-35(49)50-22-24-10-7-11-26(38)18-24/h7,10-11,18,23,25,27-30,44H,4-6,8-9,12-17,19-22H2,1-3H3,(H,39,47)(H,40,46)(H,41,49)(H,42,45)/t25?,28?,29-,30?/m0/s1. The smallest absolute Gasteiger partial charge is 0.408 e. The number of hydrogen-bond donors (Lipinski definition) is 5. The molecule has 4 aliphatic rings. The normalized spacial score (nSPS) is 22.6. The van der Waals surface area contributed by atoms with E-state index in [1.807, 2.05) is 25.7 Å². The van der Waals surface area contributed by atoms with Crippen molar-refractivity contribution >= 4 is 41.3 Å². The number of hydrogen-bond acceptors (Lipinski definition) is 7. The average Bonchev–Trinajstić information content (AvgIpc) is 3.84. The minimum atomic E-state index is -1.60. The van der Waals surface area contributed by atoms with Crippen LogP contribution in [0.2, 0.25) is 5.02 Å². The molecule has 2 aliphatic heterocycles. The van der Waals surface area contributed by atoms with Gasteiger partial charge in [-0.25, -0.2) is 4.79 Å². The highest BCUT2D eigenvalue weighted by molar-refractivity contribution is 6.30. The topological polar surface area (TPSA) is 166 Å². The molecule has 1 spiro atoms. The zero-order chi connectivity index (χ0) is 36.1. The van der Waals surface area contributed by atoms with Gasteiger partial charge in [-0.1, -0.05) is 76.6 Å². The number of aliphatic hydroxyl groups is 1. The van der Waals surface area contributed by atoms with Crippen LogP contribution in [-0.2, 0) is 30.5 Å². The van der Waals surface area contributed by atoms with Crippen molar-refractivity contribution in [2.24, 2.45) is 17.3 Å². The van der Waals surface area contributed by atoms with Crippen LogP contribution in [0.25, 0.3) is 0 Å². The maximum atomic E-state index is 14.0. The number of carbonyl (C=O) groups is 5. The summed E-state index contributed by atoms with van der Waals surface area (Å²) >= 11 is 6.07. The quantitative estimate of drug-likeness (QED) is 0.219. The molecule has 276 valence electrons. The van der Waals surface area contributed by atoms with Gasteiger partial charge in [-0.2, -0.15) is 0 Å². The Labute approximate surface area is 300 Å². The summed E-state index contributed by atoms with van der Waals surface area (Å²) in [7, 11) is 0. The highest BCUT2D eigenvalue weighted by Gasteiger charge is 2.48. The molecule has 1 aromatic carbocycles. The number of nitrogens with one attached hydrogen (secondary N) is 4. The molecule has 12 nitrogen and oxygen atoms in total. The molecular formula is C37H54ClN5O7. The molecule has 4 atom stereocenters. The van der Waals surface area contributed by atoms with Crippen LogP contribution in [-0.4, -0.2) is 82.6 Å². The van der Waals surface area contributed by atoms with Gasteiger partial charge in [0, 0.05) is 41.0 Å². The summed E-state index contributed by atoms with van der Waals surface area (Å²) in [5.74, 6) is -1.62. The third kappa shape index (κ3) is 10.3. The van der Waals surface area contributed by atoms with Crippen molar-refractivity contribution in [1.29, 1.82) is 0 Å². The van der Waals surface area contributed by atoms with Gasteiger partial charge in [0.1, 0.15) is 12.6 Å². The Balaban J connectivity index is 1.27. The van der Waals surface area contributed by atoms with Gasteiger partial charge in [-0.3, -0.25) is 19.2 Å². The Kier molecular flexibility index (Phi) is 12.4. The third-order valence-electron chi connectivity index (χ3n) is 10.6. The lowest BCUT2D eigenvalue weighted by Gasteiger charge is -2.41. The van der Waals surface area contributed by atoms with Gasteiger partial charge in [-0.15, -0.1) is 0 Å². The van der Waals surface area contributed by atoms with E-state index in [9.17, 15) is 29.1 Å². The van der Waals surface area contributed by atoms with E-state index >= 15 is 0 Å². The van der Waals surface area contributed by atoms with Crippen LogP contribution in [0, 0.1) is 17.3 Å². The molecule has 3 unspecified atom stereocenters. The van der Waals surface area contributed by atoms with Crippen molar-refractivity contribution in [2.75, 3.05) is 13.1 Å². The van der Waals surface area contributed by atoms with Crippen molar-refractivity contribution in [3.8, 4) is 0 Å². The Bertz CT molecular complexity index is 1400. The lowest BCUT2D eigenvalue weighted by Crippen LogP contribution is -2.56. The molecule has 13 heteroatoms. The zero-order valence-electron chi connectivity index (χ0n) is 29.6. The molecule has 0 aromatic heterocycles. The van der Waals surface area contributed by atoms with Crippen LogP contribution in [0.15, 0.2) is 24.3 Å². The maximum Gasteiger partial charge on any atom is 0.408 e. The summed E-state index contributed by atoms with van der Waals surface area (Å²) in [5.41, 5.74) is -0.292. The fraction of sp³-hybridized carbons (Fsp3) is 0.703. The first-order valence-electron chi connectivity index (χ1n) is 18.3. The van der Waals surface area contributed by atoms with E-state index < -0.39 is 53.0 Å². The number of aliphatic hydroxyl groups excluding tert-OH is 1. The maximum absolute atomic E-state index is 14.0. The second-order valence-corrected chi connectivity index (χ2v) is 16.4. The van der Waals surface area contributed by atoms with E-state index in [1.165, 1.54) is 0 Å². The molecule has 5 rings (SSSR count). The number of alkyl carbamates (subject to hydrolysis) is 1. The molecule has 0 bridgehead atoms. The SMILES string of the molecule is CC(C)(C)C(=O)N1CCC2(CC1)CC(CC(NC(=O)[C@H](CC1CCCCC1)NC(=O)OCc1cccc(Cl)c1)C(O)C(=O)NC1CC1)C(=O)N2. The summed E-state index contributed by atoms with van der Waals surface area (Å²) in [5, 5.41) is 23.4. The Hall–Kier alpha value is -3.38. The summed E-state index contributed by atoms with van der Waals surface area (Å²) in [6, 6.07) is 4.89. The summed E-state index contributed by atoms with van der Waals surface area (Å²) in [4.78, 5) is 68.2. The van der Waals surface area contributed by atoms with Gasteiger partial charge in [0.15, 0.2) is 6.10 Å². The van der Waals surface area contributed by atoms with Gasteiger partial charge >= 0.3 is 6.09 Å². The predicted molar refractivity (Wildman–Crippen MR) is 188 cm³/mol.